The molecule has 5 atom stereocenters. The van der Waals surface area contributed by atoms with E-state index in [1.165, 1.54) is 5.57 Å². The highest BCUT2D eigenvalue weighted by Crippen LogP contribution is 2.65. The van der Waals surface area contributed by atoms with Gasteiger partial charge in [-0.2, -0.15) is 0 Å². The second kappa shape index (κ2) is 5.07. The Morgan fingerprint density at radius 3 is 2.74 bits per heavy atom. The largest absolute Gasteiger partial charge is 0.299 e. The molecule has 2 nitrogen and oxygen atoms in total. The van der Waals surface area contributed by atoms with E-state index in [0.717, 1.165) is 51.4 Å². The monoisotopic (exact) mass is 310 g/mol. The minimum absolute atomic E-state index is 0.0541. The fourth-order valence-corrected chi connectivity index (χ4v) is 6.65. The van der Waals surface area contributed by atoms with E-state index in [-0.39, 0.29) is 16.6 Å². The van der Waals surface area contributed by atoms with E-state index < -0.39 is 0 Å². The summed E-state index contributed by atoms with van der Waals surface area (Å²) in [6.45, 7) is 2.22. The molecule has 2 heteroatoms. The summed E-state index contributed by atoms with van der Waals surface area (Å²) in [6, 6.07) is 0. The molecule has 122 valence electrons. The second-order valence-corrected chi connectivity index (χ2v) is 8.51. The van der Waals surface area contributed by atoms with Crippen LogP contribution in [0.4, 0.5) is 0 Å². The fourth-order valence-electron chi connectivity index (χ4n) is 6.65. The quantitative estimate of drug-likeness (QED) is 0.684. The number of hydrogen-bond donors (Lipinski definition) is 0. The molecule has 0 saturated heterocycles. The Kier molecular flexibility index (Phi) is 3.34. The molecule has 0 aromatic rings. The predicted octanol–water partition coefficient (Wildman–Crippen LogP) is 4.09. The van der Waals surface area contributed by atoms with Crippen LogP contribution in [0.3, 0.4) is 0 Å². The molecule has 4 aliphatic carbocycles. The van der Waals surface area contributed by atoms with Crippen LogP contribution in [-0.4, -0.2) is 11.6 Å². The Morgan fingerprint density at radius 1 is 1.13 bits per heavy atom. The predicted molar refractivity (Wildman–Crippen MR) is 89.5 cm³/mol. The molecule has 0 spiro atoms. The van der Waals surface area contributed by atoms with E-state index in [0.29, 0.717) is 30.0 Å². The highest BCUT2D eigenvalue weighted by molar-refractivity contribution is 5.91. The lowest BCUT2D eigenvalue weighted by Gasteiger charge is -2.57. The molecule has 0 heterocycles. The topological polar surface area (TPSA) is 34.1 Å². The average Bonchev–Trinajstić information content (AvgIpc) is 2.84. The third kappa shape index (κ3) is 1.95. The highest BCUT2D eigenvalue weighted by Gasteiger charge is 2.59. The van der Waals surface area contributed by atoms with Crippen LogP contribution >= 0.6 is 0 Å². The molecule has 0 aromatic heterocycles. The summed E-state index contributed by atoms with van der Waals surface area (Å²) in [7, 11) is 0. The lowest BCUT2D eigenvalue weighted by Crippen LogP contribution is -2.51. The minimum atomic E-state index is -0.0792. The highest BCUT2D eigenvalue weighted by atomic mass is 16.1. The molecule has 0 N–H and O–H groups in total. The lowest BCUT2D eigenvalue weighted by atomic mass is 9.46. The van der Waals surface area contributed by atoms with Crippen molar-refractivity contribution in [2.24, 2.45) is 28.6 Å². The number of hydrogen-bond acceptors (Lipinski definition) is 2. The van der Waals surface area contributed by atoms with Gasteiger partial charge in [-0.15, -0.1) is 12.3 Å². The van der Waals surface area contributed by atoms with Gasteiger partial charge in [0.2, 0.25) is 0 Å². The normalized spacial score (nSPS) is 45.6. The Balaban J connectivity index is 1.74. The van der Waals surface area contributed by atoms with Crippen molar-refractivity contribution in [2.75, 3.05) is 0 Å². The summed E-state index contributed by atoms with van der Waals surface area (Å²) in [5, 5.41) is 0. The molecule has 4 aliphatic rings. The molecule has 0 amide bonds. The van der Waals surface area contributed by atoms with Crippen molar-refractivity contribution in [3.05, 3.63) is 11.6 Å². The molecule has 23 heavy (non-hydrogen) atoms. The van der Waals surface area contributed by atoms with Crippen LogP contribution in [0.5, 0.6) is 0 Å². The zero-order valence-electron chi connectivity index (χ0n) is 14.1. The van der Waals surface area contributed by atoms with Gasteiger partial charge >= 0.3 is 0 Å². The maximum atomic E-state index is 12.4. The van der Waals surface area contributed by atoms with Gasteiger partial charge in [-0.3, -0.25) is 9.59 Å². The number of terminal acetylenes is 1. The van der Waals surface area contributed by atoms with Crippen LogP contribution in [-0.2, 0) is 9.59 Å². The fraction of sp³-hybridized carbons (Fsp3) is 0.714. The molecule has 0 radical (unpaired) electrons. The van der Waals surface area contributed by atoms with E-state index >= 15 is 0 Å². The zero-order chi connectivity index (χ0) is 16.2. The first-order valence-electron chi connectivity index (χ1n) is 9.22. The zero-order valence-corrected chi connectivity index (χ0v) is 14.1. The number of ketones is 2. The van der Waals surface area contributed by atoms with Gasteiger partial charge in [0.25, 0.3) is 0 Å². The van der Waals surface area contributed by atoms with Crippen molar-refractivity contribution in [3.8, 4) is 12.3 Å². The van der Waals surface area contributed by atoms with Gasteiger partial charge in [0.05, 0.1) is 0 Å². The Bertz CT molecular complexity index is 637. The van der Waals surface area contributed by atoms with E-state index in [1.54, 1.807) is 0 Å². The molecule has 0 unspecified atom stereocenters. The first-order chi connectivity index (χ1) is 11.0. The van der Waals surface area contributed by atoms with Crippen LogP contribution < -0.4 is 0 Å². The van der Waals surface area contributed by atoms with Crippen LogP contribution in [0.25, 0.3) is 0 Å². The molecule has 0 aromatic carbocycles. The van der Waals surface area contributed by atoms with Crippen molar-refractivity contribution >= 4 is 11.6 Å². The van der Waals surface area contributed by atoms with Gasteiger partial charge in [-0.05, 0) is 62.4 Å². The number of allylic oxidation sites excluding steroid dienone is 1. The van der Waals surface area contributed by atoms with Crippen molar-refractivity contribution in [3.63, 3.8) is 0 Å². The van der Waals surface area contributed by atoms with Crippen LogP contribution in [0.15, 0.2) is 11.6 Å². The summed E-state index contributed by atoms with van der Waals surface area (Å²) in [4.78, 5) is 24.4. The maximum absolute atomic E-state index is 12.4. The molecule has 0 aliphatic heterocycles. The number of Topliss-reactive ketones (excluding diaryl/α,β-unsaturated/α-hetero) is 1. The first-order valence-corrected chi connectivity index (χ1v) is 9.22. The maximum Gasteiger partial charge on any atom is 0.155 e. The summed E-state index contributed by atoms with van der Waals surface area (Å²) in [5.41, 5.74) is 1.31. The van der Waals surface area contributed by atoms with Gasteiger partial charge < -0.3 is 0 Å². The summed E-state index contributed by atoms with van der Waals surface area (Å²) in [6.07, 6.45) is 16.1. The molecular formula is C21H26O2. The summed E-state index contributed by atoms with van der Waals surface area (Å²) < 4.78 is 0. The van der Waals surface area contributed by atoms with Crippen LogP contribution in [0, 0.1) is 40.9 Å². The SMILES string of the molecule is C#CC[C@]12CCC(=O)C=C1CC[C@@H]1[C@H]2CC[C@]2(C)C(=O)CC[C@@H]12. The second-order valence-electron chi connectivity index (χ2n) is 8.51. The Hall–Kier alpha value is -1.36. The number of fused-ring (bicyclic) bond motifs is 5. The molecule has 4 rings (SSSR count). The van der Waals surface area contributed by atoms with Crippen molar-refractivity contribution < 1.29 is 9.59 Å². The van der Waals surface area contributed by atoms with E-state index in [9.17, 15) is 9.59 Å². The number of rotatable bonds is 1. The van der Waals surface area contributed by atoms with Crippen LogP contribution in [0.2, 0.25) is 0 Å². The van der Waals surface area contributed by atoms with Crippen molar-refractivity contribution in [1.29, 1.82) is 0 Å². The van der Waals surface area contributed by atoms with E-state index in [2.05, 4.69) is 12.8 Å². The van der Waals surface area contributed by atoms with Gasteiger partial charge in [0, 0.05) is 30.1 Å². The molecule has 0 bridgehead atoms. The Morgan fingerprint density at radius 2 is 1.96 bits per heavy atom. The first kappa shape index (κ1) is 15.2. The van der Waals surface area contributed by atoms with Crippen molar-refractivity contribution in [1.82, 2.24) is 0 Å². The Labute approximate surface area is 139 Å². The minimum Gasteiger partial charge on any atom is -0.299 e. The van der Waals surface area contributed by atoms with Crippen molar-refractivity contribution in [2.45, 2.75) is 64.7 Å². The van der Waals surface area contributed by atoms with E-state index in [1.807, 2.05) is 6.08 Å². The van der Waals surface area contributed by atoms with E-state index in [4.69, 9.17) is 6.42 Å². The summed E-state index contributed by atoms with van der Waals surface area (Å²) >= 11 is 0. The van der Waals surface area contributed by atoms with Gasteiger partial charge in [0.1, 0.15) is 5.78 Å². The van der Waals surface area contributed by atoms with Crippen LogP contribution in [0.1, 0.15) is 64.7 Å². The molecule has 3 saturated carbocycles. The summed E-state index contributed by atoms with van der Waals surface area (Å²) in [5.74, 6) is 5.45. The average molecular weight is 310 g/mol. The number of carbonyl (C=O) groups excluding carboxylic acids is 2. The van der Waals surface area contributed by atoms with Gasteiger partial charge in [-0.1, -0.05) is 12.5 Å². The molecular weight excluding hydrogens is 284 g/mol. The lowest BCUT2D eigenvalue weighted by molar-refractivity contribution is -0.132. The smallest absolute Gasteiger partial charge is 0.155 e. The third-order valence-corrected chi connectivity index (χ3v) is 7.81. The number of carbonyl (C=O) groups is 2. The standard InChI is InChI=1S/C21H26O2/c1-3-10-21-12-8-15(22)13-14(21)4-5-16-17-6-7-19(23)20(17,2)11-9-18(16)21/h1,13,16-18H,4-12H2,2H3/t16-,17-,18+,20-,21-/m0/s1. The van der Waals surface area contributed by atoms with Gasteiger partial charge in [0.15, 0.2) is 5.78 Å². The van der Waals surface area contributed by atoms with Gasteiger partial charge in [-0.25, -0.2) is 0 Å². The molecule has 3 fully saturated rings. The third-order valence-electron chi connectivity index (χ3n) is 7.81.